The van der Waals surface area contributed by atoms with E-state index in [-0.39, 0.29) is 11.8 Å². The van der Waals surface area contributed by atoms with E-state index in [0.717, 1.165) is 36.2 Å². The summed E-state index contributed by atoms with van der Waals surface area (Å²) >= 11 is 5.11. The minimum Gasteiger partial charge on any atom is -0.341 e. The van der Waals surface area contributed by atoms with Gasteiger partial charge in [-0.3, -0.25) is 9.59 Å². The molecule has 1 saturated heterocycles. The van der Waals surface area contributed by atoms with Crippen molar-refractivity contribution in [1.29, 1.82) is 0 Å². The number of halogens is 1. The molecule has 1 aliphatic heterocycles. The van der Waals surface area contributed by atoms with E-state index in [0.29, 0.717) is 12.0 Å². The third-order valence-corrected chi connectivity index (χ3v) is 5.84. The highest BCUT2D eigenvalue weighted by Crippen LogP contribution is 2.17. The zero-order valence-electron chi connectivity index (χ0n) is 14.8. The lowest BCUT2D eigenvalue weighted by molar-refractivity contribution is -0.133. The highest BCUT2D eigenvalue weighted by atomic mass is 79.9. The van der Waals surface area contributed by atoms with Gasteiger partial charge in [0.2, 0.25) is 5.91 Å². The van der Waals surface area contributed by atoms with Crippen LogP contribution < -0.4 is 5.32 Å². The lowest BCUT2D eigenvalue weighted by Crippen LogP contribution is -2.49. The summed E-state index contributed by atoms with van der Waals surface area (Å²) < 4.78 is 0.745. The topological polar surface area (TPSA) is 49.4 Å². The fourth-order valence-corrected chi connectivity index (χ4v) is 4.00. The monoisotopic (exact) mass is 426 g/mol. The van der Waals surface area contributed by atoms with Crippen LogP contribution in [0.2, 0.25) is 0 Å². The molecular weight excluding hydrogens is 400 g/mol. The lowest BCUT2D eigenvalue weighted by atomic mass is 10.1. The van der Waals surface area contributed by atoms with E-state index in [2.05, 4.69) is 21.2 Å². The van der Waals surface area contributed by atoms with Crippen molar-refractivity contribution in [3.63, 3.8) is 0 Å². The van der Waals surface area contributed by atoms with Gasteiger partial charge in [-0.2, -0.15) is 11.8 Å². The number of amides is 2. The van der Waals surface area contributed by atoms with Crippen LogP contribution in [0.1, 0.15) is 48.9 Å². The first-order valence-corrected chi connectivity index (χ1v) is 11.2. The van der Waals surface area contributed by atoms with Gasteiger partial charge in [0.15, 0.2) is 0 Å². The van der Waals surface area contributed by atoms with Crippen LogP contribution >= 0.6 is 27.7 Å². The van der Waals surface area contributed by atoms with Crippen molar-refractivity contribution in [1.82, 2.24) is 10.2 Å². The molecule has 0 saturated carbocycles. The fourth-order valence-electron chi connectivity index (χ4n) is 3.06. The van der Waals surface area contributed by atoms with Crippen LogP contribution in [-0.2, 0) is 4.79 Å². The molecule has 4 nitrogen and oxygen atoms in total. The molecule has 0 aromatic heterocycles. The number of nitrogens with zero attached hydrogens (tertiary/aromatic N) is 1. The van der Waals surface area contributed by atoms with Gasteiger partial charge in [-0.05, 0) is 59.3 Å². The maximum atomic E-state index is 13.0. The van der Waals surface area contributed by atoms with Gasteiger partial charge in [0.05, 0.1) is 5.56 Å². The Morgan fingerprint density at radius 3 is 2.44 bits per heavy atom. The molecule has 0 aliphatic carbocycles. The summed E-state index contributed by atoms with van der Waals surface area (Å²) in [5, 5.41) is 2.97. The summed E-state index contributed by atoms with van der Waals surface area (Å²) in [6.07, 6.45) is 8.42. The summed E-state index contributed by atoms with van der Waals surface area (Å²) in [6.45, 7) is 1.61. The van der Waals surface area contributed by atoms with Gasteiger partial charge in [0, 0.05) is 17.6 Å². The Balaban J connectivity index is 2.07. The minimum absolute atomic E-state index is 0.0661. The van der Waals surface area contributed by atoms with Gasteiger partial charge in [-0.1, -0.05) is 31.4 Å². The molecule has 0 unspecified atom stereocenters. The normalized spacial score (nSPS) is 16.6. The molecule has 0 spiro atoms. The van der Waals surface area contributed by atoms with Gasteiger partial charge in [-0.15, -0.1) is 0 Å². The van der Waals surface area contributed by atoms with Crippen LogP contribution in [0.3, 0.4) is 0 Å². The van der Waals surface area contributed by atoms with E-state index < -0.39 is 6.04 Å². The molecule has 138 valence electrons. The first-order chi connectivity index (χ1) is 12.1. The zero-order chi connectivity index (χ0) is 18.1. The molecular formula is C19H27BrN2O2S. The van der Waals surface area contributed by atoms with Crippen molar-refractivity contribution in [2.45, 2.75) is 44.6 Å². The molecule has 1 aliphatic rings. The van der Waals surface area contributed by atoms with Gasteiger partial charge < -0.3 is 10.2 Å². The van der Waals surface area contributed by atoms with E-state index in [1.807, 2.05) is 29.4 Å². The third kappa shape index (κ3) is 6.33. The standard InChI is InChI=1S/C19H27BrN2O2S/c1-25-14-11-17(19(24)22-12-7-3-2-4-8-13-22)21-18(23)15-9-5-6-10-16(15)20/h5-6,9-10,17H,2-4,7-8,11-14H2,1H3,(H,21,23)/t17-/m1/s1. The summed E-state index contributed by atoms with van der Waals surface area (Å²) in [5.74, 6) is 0.718. The molecule has 1 heterocycles. The van der Waals surface area contributed by atoms with Crippen LogP contribution in [-0.4, -0.2) is 47.9 Å². The number of carbonyl (C=O) groups excluding carboxylic acids is 2. The predicted molar refractivity (Wildman–Crippen MR) is 108 cm³/mol. The summed E-state index contributed by atoms with van der Waals surface area (Å²) in [4.78, 5) is 27.6. The van der Waals surface area contributed by atoms with Gasteiger partial charge in [0.25, 0.3) is 5.91 Å². The Labute approximate surface area is 163 Å². The Kier molecular flexibility index (Phi) is 8.82. The van der Waals surface area contributed by atoms with Crippen LogP contribution in [0.4, 0.5) is 0 Å². The number of carbonyl (C=O) groups is 2. The third-order valence-electron chi connectivity index (χ3n) is 4.50. The van der Waals surface area contributed by atoms with Crippen LogP contribution in [0.15, 0.2) is 28.7 Å². The second-order valence-corrected chi connectivity index (χ2v) is 8.22. The lowest BCUT2D eigenvalue weighted by Gasteiger charge is -2.29. The zero-order valence-corrected chi connectivity index (χ0v) is 17.2. The van der Waals surface area contributed by atoms with E-state index in [9.17, 15) is 9.59 Å². The number of benzene rings is 1. The minimum atomic E-state index is -0.452. The molecule has 6 heteroatoms. The van der Waals surface area contributed by atoms with E-state index >= 15 is 0 Å². The highest BCUT2D eigenvalue weighted by Gasteiger charge is 2.26. The number of likely N-dealkylation sites (tertiary alicyclic amines) is 1. The van der Waals surface area contributed by atoms with Crippen molar-refractivity contribution in [3.05, 3.63) is 34.3 Å². The van der Waals surface area contributed by atoms with Crippen molar-refractivity contribution >= 4 is 39.5 Å². The van der Waals surface area contributed by atoms with Gasteiger partial charge in [-0.25, -0.2) is 0 Å². The fraction of sp³-hybridized carbons (Fsp3) is 0.579. The van der Waals surface area contributed by atoms with E-state index in [1.165, 1.54) is 19.3 Å². The first kappa shape index (κ1) is 20.3. The number of rotatable bonds is 6. The molecule has 1 aromatic carbocycles. The average molecular weight is 427 g/mol. The SMILES string of the molecule is CSCC[C@@H](NC(=O)c1ccccc1Br)C(=O)N1CCCCCCC1. The summed E-state index contributed by atoms with van der Waals surface area (Å²) in [7, 11) is 0. The molecule has 0 bridgehead atoms. The van der Waals surface area contributed by atoms with Gasteiger partial charge in [0.1, 0.15) is 6.04 Å². The summed E-state index contributed by atoms with van der Waals surface area (Å²) in [5.41, 5.74) is 0.567. The molecule has 1 N–H and O–H groups in total. The maximum absolute atomic E-state index is 13.0. The van der Waals surface area contributed by atoms with Crippen LogP contribution in [0, 0.1) is 0 Å². The maximum Gasteiger partial charge on any atom is 0.253 e. The molecule has 2 rings (SSSR count). The van der Waals surface area contributed by atoms with Gasteiger partial charge >= 0.3 is 0 Å². The summed E-state index contributed by atoms with van der Waals surface area (Å²) in [6, 6.07) is 6.86. The second-order valence-electron chi connectivity index (χ2n) is 6.38. The van der Waals surface area contributed by atoms with Crippen LogP contribution in [0.5, 0.6) is 0 Å². The van der Waals surface area contributed by atoms with Crippen molar-refractivity contribution < 1.29 is 9.59 Å². The molecule has 0 radical (unpaired) electrons. The molecule has 1 fully saturated rings. The Morgan fingerprint density at radius 1 is 1.16 bits per heavy atom. The van der Waals surface area contributed by atoms with Crippen molar-refractivity contribution in [2.75, 3.05) is 25.1 Å². The second kappa shape index (κ2) is 10.9. The molecule has 25 heavy (non-hydrogen) atoms. The van der Waals surface area contributed by atoms with E-state index in [1.54, 1.807) is 17.8 Å². The van der Waals surface area contributed by atoms with E-state index in [4.69, 9.17) is 0 Å². The number of thioether (sulfide) groups is 1. The number of hydrogen-bond acceptors (Lipinski definition) is 3. The smallest absolute Gasteiger partial charge is 0.253 e. The highest BCUT2D eigenvalue weighted by molar-refractivity contribution is 9.10. The van der Waals surface area contributed by atoms with Crippen LogP contribution in [0.25, 0.3) is 0 Å². The molecule has 2 amide bonds. The number of hydrogen-bond donors (Lipinski definition) is 1. The average Bonchev–Trinajstić information content (AvgIpc) is 2.58. The molecule has 1 atom stereocenters. The Bertz CT molecular complexity index is 574. The largest absolute Gasteiger partial charge is 0.341 e. The Morgan fingerprint density at radius 2 is 1.80 bits per heavy atom. The quantitative estimate of drug-likeness (QED) is 0.744. The first-order valence-electron chi connectivity index (χ1n) is 8.96. The van der Waals surface area contributed by atoms with Crippen molar-refractivity contribution in [3.8, 4) is 0 Å². The predicted octanol–water partition coefficient (Wildman–Crippen LogP) is 4.09. The number of nitrogens with one attached hydrogen (secondary N) is 1. The van der Waals surface area contributed by atoms with Crippen molar-refractivity contribution in [2.24, 2.45) is 0 Å². The Hall–Kier alpha value is -1.01. The molecule has 1 aromatic rings.